The summed E-state index contributed by atoms with van der Waals surface area (Å²) >= 11 is 0. The number of carbonyl (C=O) groups excluding carboxylic acids is 1. The number of hydrogen-bond donors (Lipinski definition) is 5. The van der Waals surface area contributed by atoms with Crippen molar-refractivity contribution in [3.8, 4) is 0 Å². The van der Waals surface area contributed by atoms with E-state index in [1.54, 1.807) is 0 Å². The van der Waals surface area contributed by atoms with Gasteiger partial charge in [0, 0.05) is 0 Å². The lowest BCUT2D eigenvalue weighted by Gasteiger charge is -2.27. The summed E-state index contributed by atoms with van der Waals surface area (Å²) in [5.41, 5.74) is 0. The fourth-order valence-electron chi connectivity index (χ4n) is 7.42. The quantitative estimate of drug-likeness (QED) is 0.0312. The molecule has 6 heteroatoms. The van der Waals surface area contributed by atoms with Gasteiger partial charge in [-0.1, -0.05) is 204 Å². The van der Waals surface area contributed by atoms with E-state index in [9.17, 15) is 25.2 Å². The molecule has 0 spiro atoms. The fourth-order valence-corrected chi connectivity index (χ4v) is 7.42. The molecule has 1 amide bonds. The van der Waals surface area contributed by atoms with Crippen LogP contribution in [0.15, 0.2) is 36.5 Å². The minimum absolute atomic E-state index is 0.359. The fraction of sp³-hybridized carbons (Fsp3) is 0.860. The van der Waals surface area contributed by atoms with Crippen LogP contribution in [0.5, 0.6) is 0 Å². The van der Waals surface area contributed by atoms with Gasteiger partial charge in [0.1, 0.15) is 12.2 Å². The van der Waals surface area contributed by atoms with Gasteiger partial charge >= 0.3 is 0 Å². The molecule has 0 aromatic carbocycles. The molecule has 0 aliphatic rings. The smallest absolute Gasteiger partial charge is 0.249 e. The predicted octanol–water partition coefficient (Wildman–Crippen LogP) is 13.3. The summed E-state index contributed by atoms with van der Waals surface area (Å²) in [6, 6.07) is -1.01. The van der Waals surface area contributed by atoms with E-state index in [1.807, 2.05) is 0 Å². The lowest BCUT2D eigenvalue weighted by molar-refractivity contribution is -0.132. The molecule has 0 aromatic rings. The number of nitrogens with one attached hydrogen (secondary N) is 1. The second-order valence-corrected chi connectivity index (χ2v) is 16.8. The summed E-state index contributed by atoms with van der Waals surface area (Å²) in [6.07, 6.45) is 53.4. The molecule has 5 N–H and O–H groups in total. The van der Waals surface area contributed by atoms with E-state index in [0.717, 1.165) is 44.9 Å². The van der Waals surface area contributed by atoms with Gasteiger partial charge in [0.15, 0.2) is 0 Å². The minimum atomic E-state index is -1.29. The Labute approximate surface area is 347 Å². The average molecular weight is 790 g/mol. The van der Waals surface area contributed by atoms with Crippen LogP contribution in [0.1, 0.15) is 245 Å². The third-order valence-electron chi connectivity index (χ3n) is 11.3. The van der Waals surface area contributed by atoms with Gasteiger partial charge in [0.25, 0.3) is 0 Å². The first-order chi connectivity index (χ1) is 27.5. The molecular weight excluding hydrogens is 695 g/mol. The summed E-state index contributed by atoms with van der Waals surface area (Å²) in [5.74, 6) is -0.598. The molecule has 0 aliphatic carbocycles. The number of unbranched alkanes of at least 4 members (excludes halogenated alkanes) is 29. The van der Waals surface area contributed by atoms with E-state index in [0.29, 0.717) is 19.3 Å². The third-order valence-corrected chi connectivity index (χ3v) is 11.3. The standard InChI is InChI=1S/C50H95NO5/c1-3-5-7-9-11-13-15-17-18-19-20-21-22-23-24-25-26-27-28-29-30-32-34-36-38-40-42-44-48(54)50(56)51-46(45-52)49(55)47(53)43-41-39-37-35-33-31-16-14-12-10-8-6-4-2/h14,16,23-24,35,37,46-49,52-55H,3-13,15,17-22,25-34,36,38-45H2,1-2H3,(H,51,56)/b16-14+,24-23-,37-35+. The Balaban J connectivity index is 3.67. The van der Waals surface area contributed by atoms with Crippen molar-refractivity contribution < 1.29 is 25.2 Å². The second kappa shape index (κ2) is 44.6. The van der Waals surface area contributed by atoms with Crippen molar-refractivity contribution in [1.29, 1.82) is 0 Å². The number of aliphatic hydroxyl groups is 4. The molecule has 4 atom stereocenters. The Kier molecular flexibility index (Phi) is 43.5. The van der Waals surface area contributed by atoms with Gasteiger partial charge in [-0.25, -0.2) is 0 Å². The highest BCUT2D eigenvalue weighted by Crippen LogP contribution is 2.16. The number of carbonyl (C=O) groups is 1. The van der Waals surface area contributed by atoms with Crippen molar-refractivity contribution in [2.75, 3.05) is 6.61 Å². The third kappa shape index (κ3) is 38.1. The van der Waals surface area contributed by atoms with E-state index in [4.69, 9.17) is 0 Å². The van der Waals surface area contributed by atoms with Crippen molar-refractivity contribution in [3.05, 3.63) is 36.5 Å². The van der Waals surface area contributed by atoms with Crippen LogP contribution in [-0.4, -0.2) is 57.3 Å². The highest BCUT2D eigenvalue weighted by molar-refractivity contribution is 5.80. The van der Waals surface area contributed by atoms with Crippen molar-refractivity contribution >= 4 is 5.91 Å². The number of rotatable bonds is 44. The van der Waals surface area contributed by atoms with Gasteiger partial charge in [-0.15, -0.1) is 0 Å². The van der Waals surface area contributed by atoms with Crippen LogP contribution in [0.25, 0.3) is 0 Å². The van der Waals surface area contributed by atoms with Crippen LogP contribution in [0, 0.1) is 0 Å². The van der Waals surface area contributed by atoms with Crippen LogP contribution >= 0.6 is 0 Å². The molecule has 0 fully saturated rings. The minimum Gasteiger partial charge on any atom is -0.394 e. The van der Waals surface area contributed by atoms with Crippen LogP contribution < -0.4 is 5.32 Å². The van der Waals surface area contributed by atoms with E-state index in [2.05, 4.69) is 55.6 Å². The predicted molar refractivity (Wildman–Crippen MR) is 242 cm³/mol. The summed E-state index contributed by atoms with van der Waals surface area (Å²) in [4.78, 5) is 12.5. The summed E-state index contributed by atoms with van der Waals surface area (Å²) in [7, 11) is 0. The molecule has 0 saturated heterocycles. The van der Waals surface area contributed by atoms with Crippen LogP contribution in [-0.2, 0) is 4.79 Å². The number of hydrogen-bond acceptors (Lipinski definition) is 5. The largest absolute Gasteiger partial charge is 0.394 e. The Bertz CT molecular complexity index is 889. The zero-order chi connectivity index (χ0) is 41.0. The second-order valence-electron chi connectivity index (χ2n) is 16.8. The van der Waals surface area contributed by atoms with Gasteiger partial charge in [0.05, 0.1) is 18.8 Å². The van der Waals surface area contributed by atoms with Crippen molar-refractivity contribution in [2.45, 2.75) is 269 Å². The normalized spacial score (nSPS) is 14.3. The first kappa shape index (κ1) is 54.5. The van der Waals surface area contributed by atoms with Gasteiger partial charge < -0.3 is 25.7 Å². The van der Waals surface area contributed by atoms with E-state index >= 15 is 0 Å². The van der Waals surface area contributed by atoms with Gasteiger partial charge in [-0.3, -0.25) is 4.79 Å². The molecule has 0 aliphatic heterocycles. The van der Waals surface area contributed by atoms with Gasteiger partial charge in [-0.2, -0.15) is 0 Å². The summed E-state index contributed by atoms with van der Waals surface area (Å²) < 4.78 is 0. The molecule has 330 valence electrons. The molecule has 6 nitrogen and oxygen atoms in total. The number of aliphatic hydroxyl groups excluding tert-OH is 4. The van der Waals surface area contributed by atoms with Crippen LogP contribution in [0.2, 0.25) is 0 Å². The lowest BCUT2D eigenvalue weighted by Crippen LogP contribution is -2.53. The first-order valence-electron chi connectivity index (χ1n) is 24.4. The molecule has 0 radical (unpaired) electrons. The van der Waals surface area contributed by atoms with Crippen molar-refractivity contribution in [1.82, 2.24) is 5.32 Å². The van der Waals surface area contributed by atoms with E-state index in [-0.39, 0.29) is 0 Å². The monoisotopic (exact) mass is 790 g/mol. The van der Waals surface area contributed by atoms with Crippen LogP contribution in [0.3, 0.4) is 0 Å². The maximum atomic E-state index is 12.5. The molecule has 0 heterocycles. The molecule has 4 unspecified atom stereocenters. The maximum Gasteiger partial charge on any atom is 0.249 e. The first-order valence-corrected chi connectivity index (χ1v) is 24.4. The highest BCUT2D eigenvalue weighted by atomic mass is 16.3. The number of amides is 1. The van der Waals surface area contributed by atoms with Crippen LogP contribution in [0.4, 0.5) is 0 Å². The zero-order valence-corrected chi connectivity index (χ0v) is 37.1. The van der Waals surface area contributed by atoms with E-state index < -0.39 is 36.9 Å². The summed E-state index contributed by atoms with van der Waals surface area (Å²) in [6.45, 7) is 4.02. The Morgan fingerprint density at radius 1 is 0.429 bits per heavy atom. The zero-order valence-electron chi connectivity index (χ0n) is 37.1. The summed E-state index contributed by atoms with van der Waals surface area (Å²) in [5, 5.41) is 43.7. The Hall–Kier alpha value is -1.47. The highest BCUT2D eigenvalue weighted by Gasteiger charge is 2.28. The topological polar surface area (TPSA) is 110 Å². The Morgan fingerprint density at radius 3 is 1.14 bits per heavy atom. The Morgan fingerprint density at radius 2 is 0.750 bits per heavy atom. The maximum absolute atomic E-state index is 12.5. The number of allylic oxidation sites excluding steroid dienone is 6. The van der Waals surface area contributed by atoms with Crippen molar-refractivity contribution in [2.24, 2.45) is 0 Å². The molecule has 0 bridgehead atoms. The van der Waals surface area contributed by atoms with Gasteiger partial charge in [-0.05, 0) is 77.0 Å². The van der Waals surface area contributed by atoms with Crippen molar-refractivity contribution in [3.63, 3.8) is 0 Å². The average Bonchev–Trinajstić information content (AvgIpc) is 3.20. The molecule has 0 saturated carbocycles. The van der Waals surface area contributed by atoms with Gasteiger partial charge in [0.2, 0.25) is 5.91 Å². The SMILES string of the molecule is CCCCCC/C=C/CC/C=C/CCCC(O)C(O)C(CO)NC(=O)C(O)CCCCCCCCCCCCC/C=C\CCCCCCCCCCCCCC. The molecule has 0 rings (SSSR count). The molecule has 0 aromatic heterocycles. The molecular formula is C50H95NO5. The lowest BCUT2D eigenvalue weighted by atomic mass is 10.00. The molecule has 56 heavy (non-hydrogen) atoms. The van der Waals surface area contributed by atoms with E-state index in [1.165, 1.54) is 167 Å².